The molecule has 0 aliphatic rings. The second kappa shape index (κ2) is 17.1. The first-order chi connectivity index (χ1) is 9.26. The van der Waals surface area contributed by atoms with Crippen LogP contribution in [0.3, 0.4) is 0 Å². The SMILES string of the molecule is C=CC(=O)N(CC)CCCCCCCCCC.NN. The van der Waals surface area contributed by atoms with Crippen LogP contribution >= 0.6 is 0 Å². The molecule has 4 nitrogen and oxygen atoms in total. The molecule has 4 heteroatoms. The van der Waals surface area contributed by atoms with Gasteiger partial charge in [-0.25, -0.2) is 0 Å². The molecule has 0 bridgehead atoms. The number of amides is 1. The van der Waals surface area contributed by atoms with Gasteiger partial charge in [-0.3, -0.25) is 16.5 Å². The van der Waals surface area contributed by atoms with Gasteiger partial charge in [0.25, 0.3) is 0 Å². The fourth-order valence-corrected chi connectivity index (χ4v) is 1.99. The van der Waals surface area contributed by atoms with Crippen molar-refractivity contribution in [2.24, 2.45) is 11.7 Å². The highest BCUT2D eigenvalue weighted by atomic mass is 16.2. The summed E-state index contributed by atoms with van der Waals surface area (Å²) in [6.07, 6.45) is 11.9. The van der Waals surface area contributed by atoms with Crippen molar-refractivity contribution >= 4 is 5.91 Å². The van der Waals surface area contributed by atoms with Crippen molar-refractivity contribution in [2.75, 3.05) is 13.1 Å². The van der Waals surface area contributed by atoms with Crippen LogP contribution in [-0.2, 0) is 4.79 Å². The van der Waals surface area contributed by atoms with E-state index in [1.807, 2.05) is 11.8 Å². The molecule has 0 aromatic heterocycles. The Morgan fingerprint density at radius 2 is 1.47 bits per heavy atom. The van der Waals surface area contributed by atoms with E-state index in [0.717, 1.165) is 19.5 Å². The number of carbonyl (C=O) groups excluding carboxylic acids is 1. The monoisotopic (exact) mass is 271 g/mol. The summed E-state index contributed by atoms with van der Waals surface area (Å²) in [5.74, 6) is 8.07. The molecule has 19 heavy (non-hydrogen) atoms. The molecule has 0 aliphatic carbocycles. The molecule has 0 saturated heterocycles. The molecule has 0 aliphatic heterocycles. The predicted octanol–water partition coefficient (Wildman–Crippen LogP) is 2.98. The zero-order valence-corrected chi connectivity index (χ0v) is 12.9. The van der Waals surface area contributed by atoms with Crippen LogP contribution in [0.15, 0.2) is 12.7 Å². The first-order valence-corrected chi connectivity index (χ1v) is 7.50. The van der Waals surface area contributed by atoms with E-state index >= 15 is 0 Å². The molecular weight excluding hydrogens is 238 g/mol. The first-order valence-electron chi connectivity index (χ1n) is 7.50. The Kier molecular flexibility index (Phi) is 18.4. The summed E-state index contributed by atoms with van der Waals surface area (Å²) in [4.78, 5) is 13.3. The van der Waals surface area contributed by atoms with E-state index in [-0.39, 0.29) is 5.91 Å². The lowest BCUT2D eigenvalue weighted by Gasteiger charge is -2.18. The average Bonchev–Trinajstić information content (AvgIpc) is 2.47. The third-order valence-corrected chi connectivity index (χ3v) is 3.15. The number of hydrogen-bond donors (Lipinski definition) is 2. The van der Waals surface area contributed by atoms with Gasteiger partial charge in [0.15, 0.2) is 0 Å². The number of nitrogens with two attached hydrogens (primary N) is 2. The van der Waals surface area contributed by atoms with E-state index in [1.54, 1.807) is 0 Å². The molecule has 114 valence electrons. The third kappa shape index (κ3) is 13.4. The largest absolute Gasteiger partial charge is 0.339 e. The number of rotatable bonds is 11. The van der Waals surface area contributed by atoms with Crippen molar-refractivity contribution in [3.05, 3.63) is 12.7 Å². The Hall–Kier alpha value is -0.870. The summed E-state index contributed by atoms with van der Waals surface area (Å²) in [5, 5.41) is 0. The normalized spacial score (nSPS) is 9.47. The van der Waals surface area contributed by atoms with E-state index in [9.17, 15) is 4.79 Å². The fraction of sp³-hybridized carbons (Fsp3) is 0.800. The van der Waals surface area contributed by atoms with Gasteiger partial charge in [0.2, 0.25) is 5.91 Å². The van der Waals surface area contributed by atoms with Crippen molar-refractivity contribution in [3.8, 4) is 0 Å². The molecule has 1 amide bonds. The summed E-state index contributed by atoms with van der Waals surface area (Å²) >= 11 is 0. The van der Waals surface area contributed by atoms with Gasteiger partial charge in [-0.05, 0) is 19.4 Å². The molecule has 4 N–H and O–H groups in total. The van der Waals surface area contributed by atoms with Gasteiger partial charge in [-0.2, -0.15) is 0 Å². The highest BCUT2D eigenvalue weighted by molar-refractivity contribution is 5.86. The molecule has 0 unspecified atom stereocenters. The Balaban J connectivity index is 0. The molecule has 0 saturated carbocycles. The van der Waals surface area contributed by atoms with E-state index in [2.05, 4.69) is 25.2 Å². The van der Waals surface area contributed by atoms with Crippen LogP contribution in [0.25, 0.3) is 0 Å². The predicted molar refractivity (Wildman–Crippen MR) is 83.4 cm³/mol. The highest BCUT2D eigenvalue weighted by Crippen LogP contribution is 2.08. The van der Waals surface area contributed by atoms with Gasteiger partial charge in [-0.15, -0.1) is 0 Å². The maximum atomic E-state index is 11.4. The topological polar surface area (TPSA) is 72.3 Å². The number of hydrogen-bond acceptors (Lipinski definition) is 3. The lowest BCUT2D eigenvalue weighted by atomic mass is 10.1. The summed E-state index contributed by atoms with van der Waals surface area (Å²) in [6.45, 7) is 9.47. The van der Waals surface area contributed by atoms with Crippen LogP contribution < -0.4 is 11.7 Å². The molecule has 0 heterocycles. The van der Waals surface area contributed by atoms with Crippen molar-refractivity contribution in [1.29, 1.82) is 0 Å². The van der Waals surface area contributed by atoms with Crippen molar-refractivity contribution in [1.82, 2.24) is 4.90 Å². The maximum Gasteiger partial charge on any atom is 0.245 e. The quantitative estimate of drug-likeness (QED) is 0.263. The highest BCUT2D eigenvalue weighted by Gasteiger charge is 2.05. The average molecular weight is 271 g/mol. The molecule has 0 spiro atoms. The standard InChI is InChI=1S/C15H29NO.H4N2/c1-4-7-8-9-10-11-12-13-14-16(6-3)15(17)5-2;1-2/h5H,2,4,6-14H2,1,3H3;1-2H2. The van der Waals surface area contributed by atoms with E-state index < -0.39 is 0 Å². The van der Waals surface area contributed by atoms with Gasteiger partial charge < -0.3 is 4.90 Å². The minimum absolute atomic E-state index is 0.0652. The van der Waals surface area contributed by atoms with Crippen molar-refractivity contribution < 1.29 is 4.79 Å². The Bertz CT molecular complexity index is 208. The first kappa shape index (κ1) is 20.4. The molecule has 0 aromatic carbocycles. The zero-order valence-electron chi connectivity index (χ0n) is 12.9. The Morgan fingerprint density at radius 3 is 1.89 bits per heavy atom. The minimum Gasteiger partial charge on any atom is -0.339 e. The molecule has 0 fully saturated rings. The molecule has 0 rings (SSSR count). The van der Waals surface area contributed by atoms with Crippen LogP contribution in [0.2, 0.25) is 0 Å². The van der Waals surface area contributed by atoms with Gasteiger partial charge >= 0.3 is 0 Å². The van der Waals surface area contributed by atoms with E-state index in [0.29, 0.717) is 0 Å². The van der Waals surface area contributed by atoms with Gasteiger partial charge in [-0.1, -0.05) is 58.4 Å². The third-order valence-electron chi connectivity index (χ3n) is 3.15. The van der Waals surface area contributed by atoms with Crippen LogP contribution in [0.1, 0.15) is 65.2 Å². The van der Waals surface area contributed by atoms with Crippen LogP contribution in [0.4, 0.5) is 0 Å². The summed E-state index contributed by atoms with van der Waals surface area (Å²) in [6, 6.07) is 0. The second-order valence-electron chi connectivity index (χ2n) is 4.60. The smallest absolute Gasteiger partial charge is 0.245 e. The lowest BCUT2D eigenvalue weighted by Crippen LogP contribution is -2.29. The maximum absolute atomic E-state index is 11.4. The fourth-order valence-electron chi connectivity index (χ4n) is 1.99. The van der Waals surface area contributed by atoms with E-state index in [4.69, 9.17) is 0 Å². The van der Waals surface area contributed by atoms with Gasteiger partial charge in [0, 0.05) is 13.1 Å². The summed E-state index contributed by atoms with van der Waals surface area (Å²) in [5.41, 5.74) is 0. The summed E-state index contributed by atoms with van der Waals surface area (Å²) in [7, 11) is 0. The lowest BCUT2D eigenvalue weighted by molar-refractivity contribution is -0.125. The zero-order chi connectivity index (χ0) is 14.9. The van der Waals surface area contributed by atoms with Crippen molar-refractivity contribution in [2.45, 2.75) is 65.2 Å². The Labute approximate surface area is 119 Å². The molecule has 0 aromatic rings. The number of nitrogens with zero attached hydrogens (tertiary/aromatic N) is 1. The summed E-state index contributed by atoms with van der Waals surface area (Å²) < 4.78 is 0. The minimum atomic E-state index is 0.0652. The number of unbranched alkanes of at least 4 members (excludes halogenated alkanes) is 7. The van der Waals surface area contributed by atoms with E-state index in [1.165, 1.54) is 51.0 Å². The van der Waals surface area contributed by atoms with Gasteiger partial charge in [0.1, 0.15) is 0 Å². The molecule has 0 radical (unpaired) electrons. The second-order valence-corrected chi connectivity index (χ2v) is 4.60. The van der Waals surface area contributed by atoms with Crippen LogP contribution in [0.5, 0.6) is 0 Å². The number of hydrazine groups is 1. The number of carbonyl (C=O) groups is 1. The number of likely N-dealkylation sites (N-methyl/N-ethyl adjacent to an activating group) is 1. The van der Waals surface area contributed by atoms with Crippen LogP contribution in [-0.4, -0.2) is 23.9 Å². The molecule has 0 atom stereocenters. The molecular formula is C15H33N3O. The van der Waals surface area contributed by atoms with Crippen molar-refractivity contribution in [3.63, 3.8) is 0 Å². The van der Waals surface area contributed by atoms with Gasteiger partial charge in [0.05, 0.1) is 0 Å². The Morgan fingerprint density at radius 1 is 1.00 bits per heavy atom. The van der Waals surface area contributed by atoms with Crippen LogP contribution in [0, 0.1) is 0 Å².